The third-order valence-corrected chi connectivity index (χ3v) is 4.42. The predicted octanol–water partition coefficient (Wildman–Crippen LogP) is 4.61. The lowest BCUT2D eigenvalue weighted by atomic mass is 9.99. The molecule has 1 aromatic carbocycles. The summed E-state index contributed by atoms with van der Waals surface area (Å²) in [6.45, 7) is 2.00. The molecular formula is C13H13Cl2NS. The molecule has 0 fully saturated rings. The molecule has 0 aliphatic heterocycles. The Kier molecular flexibility index (Phi) is 4.10. The molecule has 1 aromatic heterocycles. The van der Waals surface area contributed by atoms with Gasteiger partial charge in [0.1, 0.15) is 0 Å². The lowest BCUT2D eigenvalue weighted by molar-refractivity contribution is 0.725. The third-order valence-electron chi connectivity index (χ3n) is 2.76. The highest BCUT2D eigenvalue weighted by molar-refractivity contribution is 7.16. The monoisotopic (exact) mass is 285 g/mol. The highest BCUT2D eigenvalue weighted by Crippen LogP contribution is 2.28. The summed E-state index contributed by atoms with van der Waals surface area (Å²) < 4.78 is 0.801. The van der Waals surface area contributed by atoms with Crippen LogP contribution in [0.25, 0.3) is 0 Å². The van der Waals surface area contributed by atoms with Gasteiger partial charge >= 0.3 is 0 Å². The van der Waals surface area contributed by atoms with Crippen LogP contribution >= 0.6 is 34.5 Å². The molecule has 2 rings (SSSR count). The Hall–Kier alpha value is -0.540. The van der Waals surface area contributed by atoms with Crippen molar-refractivity contribution in [2.24, 2.45) is 5.73 Å². The second kappa shape index (κ2) is 5.40. The summed E-state index contributed by atoms with van der Waals surface area (Å²) in [7, 11) is 0. The van der Waals surface area contributed by atoms with E-state index < -0.39 is 0 Å². The largest absolute Gasteiger partial charge is 0.324 e. The standard InChI is InChI=1S/C13H13Cl2NS/c1-8-10(3-2-4-11(8)14)12(16)7-9-5-6-13(15)17-9/h2-6,12H,7,16H2,1H3. The van der Waals surface area contributed by atoms with Crippen molar-refractivity contribution < 1.29 is 0 Å². The van der Waals surface area contributed by atoms with Gasteiger partial charge in [-0.2, -0.15) is 0 Å². The van der Waals surface area contributed by atoms with Crippen LogP contribution in [-0.4, -0.2) is 0 Å². The van der Waals surface area contributed by atoms with Crippen molar-refractivity contribution in [3.8, 4) is 0 Å². The fourth-order valence-electron chi connectivity index (χ4n) is 1.81. The summed E-state index contributed by atoms with van der Waals surface area (Å²) in [4.78, 5) is 1.20. The molecule has 2 N–H and O–H groups in total. The van der Waals surface area contributed by atoms with E-state index in [-0.39, 0.29) is 6.04 Å². The highest BCUT2D eigenvalue weighted by Gasteiger charge is 2.12. The molecule has 1 heterocycles. The molecule has 2 aromatic rings. The zero-order valence-electron chi connectivity index (χ0n) is 9.41. The van der Waals surface area contributed by atoms with Gasteiger partial charge in [-0.15, -0.1) is 11.3 Å². The number of benzene rings is 1. The number of hydrogen-bond donors (Lipinski definition) is 1. The highest BCUT2D eigenvalue weighted by atomic mass is 35.5. The molecular weight excluding hydrogens is 273 g/mol. The van der Waals surface area contributed by atoms with E-state index >= 15 is 0 Å². The first-order valence-electron chi connectivity index (χ1n) is 5.32. The van der Waals surface area contributed by atoms with Gasteiger partial charge in [-0.25, -0.2) is 0 Å². The van der Waals surface area contributed by atoms with E-state index in [0.29, 0.717) is 0 Å². The summed E-state index contributed by atoms with van der Waals surface area (Å²) >= 11 is 13.6. The third kappa shape index (κ3) is 3.02. The molecule has 0 bridgehead atoms. The van der Waals surface area contributed by atoms with Gasteiger partial charge in [0.25, 0.3) is 0 Å². The van der Waals surface area contributed by atoms with Crippen LogP contribution in [0.3, 0.4) is 0 Å². The first-order valence-corrected chi connectivity index (χ1v) is 6.90. The number of thiophene rings is 1. The van der Waals surface area contributed by atoms with Crippen molar-refractivity contribution in [2.75, 3.05) is 0 Å². The van der Waals surface area contributed by atoms with E-state index in [9.17, 15) is 0 Å². The molecule has 4 heteroatoms. The van der Waals surface area contributed by atoms with Gasteiger partial charge in [-0.1, -0.05) is 35.3 Å². The Morgan fingerprint density at radius 2 is 2.00 bits per heavy atom. The Balaban J connectivity index is 2.20. The van der Waals surface area contributed by atoms with E-state index in [1.807, 2.05) is 37.3 Å². The van der Waals surface area contributed by atoms with Crippen molar-refractivity contribution in [1.82, 2.24) is 0 Å². The topological polar surface area (TPSA) is 26.0 Å². The van der Waals surface area contributed by atoms with Gasteiger partial charge in [0.15, 0.2) is 0 Å². The SMILES string of the molecule is Cc1c(Cl)cccc1C(N)Cc1ccc(Cl)s1. The van der Waals surface area contributed by atoms with Crippen LogP contribution in [0.2, 0.25) is 9.36 Å². The average molecular weight is 286 g/mol. The van der Waals surface area contributed by atoms with Crippen LogP contribution in [0.1, 0.15) is 22.0 Å². The van der Waals surface area contributed by atoms with Gasteiger partial charge in [-0.3, -0.25) is 0 Å². The first kappa shape index (κ1) is 12.9. The number of hydrogen-bond acceptors (Lipinski definition) is 2. The van der Waals surface area contributed by atoms with Crippen molar-refractivity contribution in [3.63, 3.8) is 0 Å². The fourth-order valence-corrected chi connectivity index (χ4v) is 3.14. The number of rotatable bonds is 3. The summed E-state index contributed by atoms with van der Waals surface area (Å²) in [5.41, 5.74) is 8.37. The van der Waals surface area contributed by atoms with Crippen molar-refractivity contribution >= 4 is 34.5 Å². The van der Waals surface area contributed by atoms with Crippen LogP contribution in [-0.2, 0) is 6.42 Å². The van der Waals surface area contributed by atoms with Crippen LogP contribution in [0, 0.1) is 6.92 Å². The Bertz CT molecular complexity index is 522. The number of halogens is 2. The van der Waals surface area contributed by atoms with Crippen LogP contribution < -0.4 is 5.73 Å². The molecule has 0 spiro atoms. The summed E-state index contributed by atoms with van der Waals surface area (Å²) in [6, 6.07) is 9.73. The zero-order chi connectivity index (χ0) is 12.4. The van der Waals surface area contributed by atoms with Crippen molar-refractivity contribution in [3.05, 3.63) is 55.7 Å². The van der Waals surface area contributed by atoms with Gasteiger partial charge < -0.3 is 5.73 Å². The van der Waals surface area contributed by atoms with Crippen molar-refractivity contribution in [1.29, 1.82) is 0 Å². The smallest absolute Gasteiger partial charge is 0.0931 e. The van der Waals surface area contributed by atoms with Crippen LogP contribution in [0.5, 0.6) is 0 Å². The van der Waals surface area contributed by atoms with Crippen molar-refractivity contribution in [2.45, 2.75) is 19.4 Å². The summed E-state index contributed by atoms with van der Waals surface area (Å²) in [6.07, 6.45) is 0.790. The molecule has 0 saturated carbocycles. The number of nitrogens with two attached hydrogens (primary N) is 1. The maximum atomic E-state index is 6.21. The molecule has 0 amide bonds. The minimum Gasteiger partial charge on any atom is -0.324 e. The van der Waals surface area contributed by atoms with E-state index in [4.69, 9.17) is 28.9 Å². The van der Waals surface area contributed by atoms with Gasteiger partial charge in [-0.05, 0) is 36.2 Å². The maximum absolute atomic E-state index is 6.21. The van der Waals surface area contributed by atoms with Crippen LogP contribution in [0.15, 0.2) is 30.3 Å². The lowest BCUT2D eigenvalue weighted by Gasteiger charge is -2.14. The van der Waals surface area contributed by atoms with E-state index in [2.05, 4.69) is 0 Å². The van der Waals surface area contributed by atoms with E-state index in [0.717, 1.165) is 26.9 Å². The lowest BCUT2D eigenvalue weighted by Crippen LogP contribution is -2.14. The molecule has 1 unspecified atom stereocenters. The Morgan fingerprint density at radius 3 is 2.65 bits per heavy atom. The quantitative estimate of drug-likeness (QED) is 0.876. The van der Waals surface area contributed by atoms with Gasteiger partial charge in [0, 0.05) is 22.4 Å². The first-order chi connectivity index (χ1) is 8.08. The minimum atomic E-state index is -0.0385. The fraction of sp³-hybridized carbons (Fsp3) is 0.231. The summed E-state index contributed by atoms with van der Waals surface area (Å²) in [5.74, 6) is 0. The molecule has 0 saturated heterocycles. The zero-order valence-corrected chi connectivity index (χ0v) is 11.7. The molecule has 0 aliphatic carbocycles. The van der Waals surface area contributed by atoms with E-state index in [1.165, 1.54) is 4.88 Å². The molecule has 90 valence electrons. The molecule has 17 heavy (non-hydrogen) atoms. The van der Waals surface area contributed by atoms with Crippen LogP contribution in [0.4, 0.5) is 0 Å². The molecule has 0 radical (unpaired) electrons. The molecule has 1 nitrogen and oxygen atoms in total. The molecule has 1 atom stereocenters. The maximum Gasteiger partial charge on any atom is 0.0931 e. The Labute approximate surface area is 115 Å². The second-order valence-corrected chi connectivity index (χ2v) is 6.18. The predicted molar refractivity (Wildman–Crippen MR) is 76.2 cm³/mol. The second-order valence-electron chi connectivity index (χ2n) is 3.97. The van der Waals surface area contributed by atoms with Gasteiger partial charge in [0.2, 0.25) is 0 Å². The minimum absolute atomic E-state index is 0.0385. The Morgan fingerprint density at radius 1 is 1.24 bits per heavy atom. The molecule has 0 aliphatic rings. The average Bonchev–Trinajstić information content (AvgIpc) is 2.68. The van der Waals surface area contributed by atoms with E-state index in [1.54, 1.807) is 11.3 Å². The summed E-state index contributed by atoms with van der Waals surface area (Å²) in [5, 5.41) is 0.766. The normalized spacial score (nSPS) is 12.7. The van der Waals surface area contributed by atoms with Gasteiger partial charge in [0.05, 0.1) is 4.34 Å².